The molecule has 0 atom stereocenters. The van der Waals surface area contributed by atoms with Gasteiger partial charge in [-0.2, -0.15) is 0 Å². The molecule has 0 unspecified atom stereocenters. The molecule has 0 saturated heterocycles. The van der Waals surface area contributed by atoms with Crippen LogP contribution in [0.2, 0.25) is 0 Å². The summed E-state index contributed by atoms with van der Waals surface area (Å²) in [6, 6.07) is 19.5. The number of aromatic nitrogens is 2. The van der Waals surface area contributed by atoms with Crippen molar-refractivity contribution in [2.45, 2.75) is 25.3 Å². The third-order valence-electron chi connectivity index (χ3n) is 4.61. The Bertz CT molecular complexity index is 776. The van der Waals surface area contributed by atoms with E-state index < -0.39 is 5.41 Å². The van der Waals surface area contributed by atoms with Crippen molar-refractivity contribution in [3.63, 3.8) is 0 Å². The van der Waals surface area contributed by atoms with Gasteiger partial charge >= 0.3 is 0 Å². The molecule has 3 aromatic rings. The van der Waals surface area contributed by atoms with Gasteiger partial charge in [0.2, 0.25) is 5.91 Å². The molecule has 4 nitrogen and oxygen atoms in total. The lowest BCUT2D eigenvalue weighted by Gasteiger charge is -2.32. The smallest absolute Gasteiger partial charge is 0.232 e. The molecule has 5 heteroatoms. The highest BCUT2D eigenvalue weighted by molar-refractivity contribution is 8.93. The summed E-state index contributed by atoms with van der Waals surface area (Å²) in [5, 5.41) is 0. The zero-order valence-corrected chi connectivity index (χ0v) is 15.8. The average Bonchev–Trinajstić information content (AvgIpc) is 3.02. The lowest BCUT2D eigenvalue weighted by Crippen LogP contribution is -2.43. The zero-order chi connectivity index (χ0) is 17.0. The first kappa shape index (κ1) is 18.9. The number of carbonyl (C=O) groups excluding carboxylic acids is 1. The fourth-order valence-corrected chi connectivity index (χ4v) is 3.24. The third kappa shape index (κ3) is 3.66. The Morgan fingerprint density at radius 3 is 1.96 bits per heavy atom. The van der Waals surface area contributed by atoms with E-state index in [0.717, 1.165) is 17.0 Å². The number of primary amides is 1. The van der Waals surface area contributed by atoms with Gasteiger partial charge in [0.05, 0.1) is 0 Å². The normalized spacial score (nSPS) is 10.9. The Morgan fingerprint density at radius 1 is 1.04 bits per heavy atom. The van der Waals surface area contributed by atoms with Crippen molar-refractivity contribution in [2.24, 2.45) is 5.73 Å². The molecule has 0 saturated carbocycles. The topological polar surface area (TPSA) is 60.9 Å². The van der Waals surface area contributed by atoms with E-state index in [2.05, 4.69) is 4.98 Å². The van der Waals surface area contributed by atoms with Gasteiger partial charge in [0, 0.05) is 18.9 Å². The lowest BCUT2D eigenvalue weighted by atomic mass is 9.71. The average molecular weight is 400 g/mol. The Morgan fingerprint density at radius 2 is 1.56 bits per heavy atom. The minimum atomic E-state index is -0.862. The van der Waals surface area contributed by atoms with Gasteiger partial charge in [-0.3, -0.25) is 4.79 Å². The number of imidazole rings is 1. The summed E-state index contributed by atoms with van der Waals surface area (Å²) in [6.45, 7) is 2.62. The highest BCUT2D eigenvalue weighted by Gasteiger charge is 2.40. The van der Waals surface area contributed by atoms with Gasteiger partial charge in [0.25, 0.3) is 0 Å². The van der Waals surface area contributed by atoms with Crippen molar-refractivity contribution < 1.29 is 4.79 Å². The van der Waals surface area contributed by atoms with Gasteiger partial charge in [-0.15, -0.1) is 17.0 Å². The van der Waals surface area contributed by atoms with Crippen LogP contribution < -0.4 is 5.73 Å². The molecule has 0 aliphatic rings. The van der Waals surface area contributed by atoms with Crippen molar-refractivity contribution in [3.05, 3.63) is 90.0 Å². The molecule has 1 heterocycles. The van der Waals surface area contributed by atoms with Gasteiger partial charge in [0.1, 0.15) is 11.2 Å². The van der Waals surface area contributed by atoms with Crippen molar-refractivity contribution in [3.8, 4) is 0 Å². The Kier molecular flexibility index (Phi) is 6.15. The van der Waals surface area contributed by atoms with E-state index in [1.54, 1.807) is 6.20 Å². The maximum absolute atomic E-state index is 12.7. The second kappa shape index (κ2) is 8.12. The lowest BCUT2D eigenvalue weighted by molar-refractivity contribution is -0.122. The van der Waals surface area contributed by atoms with E-state index in [1.165, 1.54) is 0 Å². The van der Waals surface area contributed by atoms with Crippen LogP contribution in [-0.4, -0.2) is 15.5 Å². The molecule has 2 aromatic carbocycles. The number of rotatable bonds is 6. The second-order valence-corrected chi connectivity index (χ2v) is 5.92. The highest BCUT2D eigenvalue weighted by atomic mass is 79.9. The van der Waals surface area contributed by atoms with E-state index in [-0.39, 0.29) is 22.9 Å². The molecule has 1 aromatic heterocycles. The first-order valence-electron chi connectivity index (χ1n) is 8.03. The van der Waals surface area contributed by atoms with E-state index in [9.17, 15) is 4.79 Å². The fraction of sp³-hybridized carbons (Fsp3) is 0.200. The van der Waals surface area contributed by atoms with Crippen LogP contribution >= 0.6 is 17.0 Å². The molecule has 130 valence electrons. The Hall–Kier alpha value is -2.40. The molecular weight excluding hydrogens is 378 g/mol. The maximum atomic E-state index is 12.7. The minimum Gasteiger partial charge on any atom is -0.369 e. The number of nitrogens with zero attached hydrogens (tertiary/aromatic N) is 2. The monoisotopic (exact) mass is 399 g/mol. The van der Waals surface area contributed by atoms with Crippen molar-refractivity contribution in [1.82, 2.24) is 9.55 Å². The van der Waals surface area contributed by atoms with Crippen molar-refractivity contribution in [2.75, 3.05) is 0 Å². The summed E-state index contributed by atoms with van der Waals surface area (Å²) in [5.41, 5.74) is 6.92. The van der Waals surface area contributed by atoms with E-state index in [4.69, 9.17) is 5.73 Å². The molecule has 0 radical (unpaired) electrons. The number of nitrogens with two attached hydrogens (primary N) is 1. The molecule has 25 heavy (non-hydrogen) atoms. The summed E-state index contributed by atoms with van der Waals surface area (Å²) < 4.78 is 2.05. The summed E-state index contributed by atoms with van der Waals surface area (Å²) in [4.78, 5) is 16.9. The molecule has 1 amide bonds. The quantitative estimate of drug-likeness (QED) is 0.687. The Labute approximate surface area is 158 Å². The first-order chi connectivity index (χ1) is 11.6. The molecule has 0 aliphatic heterocycles. The van der Waals surface area contributed by atoms with Gasteiger partial charge in [-0.05, 0) is 24.5 Å². The van der Waals surface area contributed by atoms with Crippen molar-refractivity contribution in [1.29, 1.82) is 0 Å². The van der Waals surface area contributed by atoms with Crippen LogP contribution in [0.4, 0.5) is 0 Å². The summed E-state index contributed by atoms with van der Waals surface area (Å²) >= 11 is 0. The number of benzene rings is 2. The van der Waals surface area contributed by atoms with Crippen LogP contribution in [0, 0.1) is 6.92 Å². The third-order valence-corrected chi connectivity index (χ3v) is 4.61. The number of hydrogen-bond acceptors (Lipinski definition) is 2. The number of carbonyl (C=O) groups is 1. The van der Waals surface area contributed by atoms with E-state index in [1.807, 2.05) is 78.4 Å². The van der Waals surface area contributed by atoms with Gasteiger partial charge in [-0.1, -0.05) is 60.7 Å². The largest absolute Gasteiger partial charge is 0.369 e. The standard InChI is InChI=1S/C20H21N3O.BrH/c1-16-22-13-15-23(16)14-12-20(19(21)24,17-8-4-2-5-9-17)18-10-6-3-7-11-18;/h2-11,13,15H,12,14H2,1H3,(H2,21,24);1H. The molecule has 2 N–H and O–H groups in total. The first-order valence-corrected chi connectivity index (χ1v) is 8.03. The van der Waals surface area contributed by atoms with Crippen LogP contribution in [-0.2, 0) is 16.8 Å². The van der Waals surface area contributed by atoms with Crippen LogP contribution in [0.5, 0.6) is 0 Å². The second-order valence-electron chi connectivity index (χ2n) is 5.92. The van der Waals surface area contributed by atoms with E-state index >= 15 is 0 Å². The maximum Gasteiger partial charge on any atom is 0.232 e. The van der Waals surface area contributed by atoms with Crippen LogP contribution in [0.3, 0.4) is 0 Å². The van der Waals surface area contributed by atoms with Crippen LogP contribution in [0.1, 0.15) is 23.4 Å². The summed E-state index contributed by atoms with van der Waals surface area (Å²) in [7, 11) is 0. The van der Waals surface area contributed by atoms with Gasteiger partial charge in [-0.25, -0.2) is 4.98 Å². The molecule has 0 bridgehead atoms. The predicted octanol–water partition coefficient (Wildman–Crippen LogP) is 3.63. The number of halogens is 1. The SMILES string of the molecule is Br.Cc1nccn1CCC(C(N)=O)(c1ccccc1)c1ccccc1. The van der Waals surface area contributed by atoms with Crippen LogP contribution in [0.25, 0.3) is 0 Å². The number of amides is 1. The van der Waals surface area contributed by atoms with Crippen molar-refractivity contribution >= 4 is 22.9 Å². The molecule has 3 rings (SSSR count). The molecule has 0 fully saturated rings. The summed E-state index contributed by atoms with van der Waals surface area (Å²) in [5.74, 6) is 0.590. The number of hydrogen-bond donors (Lipinski definition) is 1. The van der Waals surface area contributed by atoms with Crippen LogP contribution in [0.15, 0.2) is 73.1 Å². The summed E-state index contributed by atoms with van der Waals surface area (Å²) in [6.07, 6.45) is 4.27. The fourth-order valence-electron chi connectivity index (χ4n) is 3.24. The van der Waals surface area contributed by atoms with Gasteiger partial charge < -0.3 is 10.3 Å². The number of aryl methyl sites for hydroxylation is 2. The van der Waals surface area contributed by atoms with E-state index in [0.29, 0.717) is 13.0 Å². The molecule has 0 spiro atoms. The molecule has 0 aliphatic carbocycles. The Balaban J connectivity index is 0.00000225. The van der Waals surface area contributed by atoms with Gasteiger partial charge in [0.15, 0.2) is 0 Å². The highest BCUT2D eigenvalue weighted by Crippen LogP contribution is 2.36. The zero-order valence-electron chi connectivity index (χ0n) is 14.1. The minimum absolute atomic E-state index is 0. The molecular formula is C20H22BrN3O. The predicted molar refractivity (Wildman–Crippen MR) is 105 cm³/mol.